The van der Waals surface area contributed by atoms with E-state index in [2.05, 4.69) is 18.9 Å². The Morgan fingerprint density at radius 3 is 2.79 bits per heavy atom. The third-order valence-corrected chi connectivity index (χ3v) is 5.46. The molecule has 2 aromatic heterocycles. The van der Waals surface area contributed by atoms with Gasteiger partial charge < -0.3 is 9.64 Å². The normalized spacial score (nSPS) is 15.2. The van der Waals surface area contributed by atoms with Crippen LogP contribution in [0.4, 0.5) is 0 Å². The van der Waals surface area contributed by atoms with Gasteiger partial charge in [0.25, 0.3) is 5.91 Å². The Labute approximate surface area is 165 Å². The molecule has 6 nitrogen and oxygen atoms in total. The van der Waals surface area contributed by atoms with E-state index in [9.17, 15) is 4.79 Å². The maximum atomic E-state index is 12.5. The van der Waals surface area contributed by atoms with Crippen LogP contribution in [0.3, 0.4) is 0 Å². The van der Waals surface area contributed by atoms with E-state index in [-0.39, 0.29) is 12.5 Å². The molecule has 1 amide bonds. The number of fused-ring (bicyclic) bond motifs is 1. The third kappa shape index (κ3) is 3.72. The lowest BCUT2D eigenvalue weighted by Gasteiger charge is -2.30. The Morgan fingerprint density at radius 2 is 2.00 bits per heavy atom. The molecule has 0 radical (unpaired) electrons. The molecule has 3 aromatic rings. The van der Waals surface area contributed by atoms with Gasteiger partial charge in [-0.3, -0.25) is 9.48 Å². The van der Waals surface area contributed by atoms with Crippen molar-refractivity contribution >= 4 is 16.9 Å². The minimum absolute atomic E-state index is 0.0472. The molecule has 4 rings (SSSR count). The van der Waals surface area contributed by atoms with Crippen molar-refractivity contribution in [3.05, 3.63) is 42.1 Å². The monoisotopic (exact) mass is 378 g/mol. The predicted octanol–water partition coefficient (Wildman–Crippen LogP) is 3.58. The van der Waals surface area contributed by atoms with Crippen LogP contribution >= 0.6 is 0 Å². The summed E-state index contributed by atoms with van der Waals surface area (Å²) in [4.78, 5) is 19.1. The molecule has 6 heteroatoms. The minimum atomic E-state index is 0.0472. The fourth-order valence-electron chi connectivity index (χ4n) is 3.70. The summed E-state index contributed by atoms with van der Waals surface area (Å²) in [5.41, 5.74) is 3.50. The Balaban J connectivity index is 1.55. The largest absolute Gasteiger partial charge is 0.483 e. The maximum Gasteiger partial charge on any atom is 0.260 e. The molecule has 1 aliphatic heterocycles. The van der Waals surface area contributed by atoms with Gasteiger partial charge in [0, 0.05) is 37.3 Å². The molecule has 1 aliphatic rings. The van der Waals surface area contributed by atoms with E-state index in [0.29, 0.717) is 17.3 Å². The topological polar surface area (TPSA) is 60.2 Å². The smallest absolute Gasteiger partial charge is 0.260 e. The van der Waals surface area contributed by atoms with Gasteiger partial charge in [0.2, 0.25) is 0 Å². The molecule has 146 valence electrons. The summed E-state index contributed by atoms with van der Waals surface area (Å²) in [5, 5.41) is 5.48. The van der Waals surface area contributed by atoms with Crippen LogP contribution in [-0.4, -0.2) is 45.3 Å². The summed E-state index contributed by atoms with van der Waals surface area (Å²) < 4.78 is 7.71. The van der Waals surface area contributed by atoms with E-state index < -0.39 is 0 Å². The van der Waals surface area contributed by atoms with Crippen molar-refractivity contribution in [2.24, 2.45) is 13.0 Å². The summed E-state index contributed by atoms with van der Waals surface area (Å²) in [6, 6.07) is 9.77. The number of para-hydroxylation sites is 1. The molecular weight excluding hydrogens is 352 g/mol. The van der Waals surface area contributed by atoms with Crippen LogP contribution < -0.4 is 4.74 Å². The van der Waals surface area contributed by atoms with Crippen LogP contribution in [0, 0.1) is 12.8 Å². The lowest BCUT2D eigenvalue weighted by atomic mass is 9.99. The predicted molar refractivity (Wildman–Crippen MR) is 109 cm³/mol. The number of rotatable bonds is 4. The molecule has 28 heavy (non-hydrogen) atoms. The molecule has 0 N–H and O–H groups in total. The van der Waals surface area contributed by atoms with Crippen molar-refractivity contribution in [2.45, 2.75) is 26.7 Å². The number of pyridine rings is 1. The number of hydrogen-bond donors (Lipinski definition) is 0. The second kappa shape index (κ2) is 7.62. The molecular formula is C22H26N4O2. The Morgan fingerprint density at radius 1 is 1.25 bits per heavy atom. The lowest BCUT2D eigenvalue weighted by molar-refractivity contribution is -0.134. The Kier molecular flexibility index (Phi) is 5.03. The highest BCUT2D eigenvalue weighted by molar-refractivity contribution is 5.83. The Bertz CT molecular complexity index is 1000. The molecule has 0 spiro atoms. The second-order valence-corrected chi connectivity index (χ2v) is 7.71. The lowest BCUT2D eigenvalue weighted by Crippen LogP contribution is -2.40. The fourth-order valence-corrected chi connectivity index (χ4v) is 3.70. The summed E-state index contributed by atoms with van der Waals surface area (Å²) in [7, 11) is 1.89. The zero-order valence-corrected chi connectivity index (χ0v) is 16.7. The number of aryl methyl sites for hydroxylation is 2. The summed E-state index contributed by atoms with van der Waals surface area (Å²) in [6.45, 7) is 5.99. The van der Waals surface area contributed by atoms with Crippen LogP contribution in [0.5, 0.6) is 5.75 Å². The molecule has 1 aromatic carbocycles. The van der Waals surface area contributed by atoms with Crippen LogP contribution in [0.1, 0.15) is 25.3 Å². The maximum absolute atomic E-state index is 12.5. The average molecular weight is 378 g/mol. The first-order chi connectivity index (χ1) is 13.5. The third-order valence-electron chi connectivity index (χ3n) is 5.46. The highest BCUT2D eigenvalue weighted by atomic mass is 16.5. The summed E-state index contributed by atoms with van der Waals surface area (Å²) >= 11 is 0. The van der Waals surface area contributed by atoms with Gasteiger partial charge in [-0.25, -0.2) is 4.98 Å². The van der Waals surface area contributed by atoms with Crippen molar-refractivity contribution in [2.75, 3.05) is 19.7 Å². The van der Waals surface area contributed by atoms with Crippen LogP contribution in [0.25, 0.3) is 22.3 Å². The number of piperidine rings is 1. The number of amides is 1. The summed E-state index contributed by atoms with van der Waals surface area (Å²) in [5.74, 6) is 1.41. The van der Waals surface area contributed by atoms with E-state index in [1.807, 2.05) is 48.5 Å². The van der Waals surface area contributed by atoms with E-state index in [4.69, 9.17) is 9.72 Å². The molecule has 0 aliphatic carbocycles. The molecule has 0 atom stereocenters. The van der Waals surface area contributed by atoms with E-state index in [0.717, 1.165) is 48.1 Å². The van der Waals surface area contributed by atoms with Gasteiger partial charge >= 0.3 is 0 Å². The number of nitrogens with zero attached hydrogens (tertiary/aromatic N) is 4. The number of benzene rings is 1. The van der Waals surface area contributed by atoms with Crippen LogP contribution in [0.2, 0.25) is 0 Å². The van der Waals surface area contributed by atoms with E-state index >= 15 is 0 Å². The summed E-state index contributed by atoms with van der Waals surface area (Å²) in [6.07, 6.45) is 4.10. The first-order valence-corrected chi connectivity index (χ1v) is 9.82. The highest BCUT2D eigenvalue weighted by Gasteiger charge is 2.21. The first kappa shape index (κ1) is 18.5. The second-order valence-electron chi connectivity index (χ2n) is 7.71. The highest BCUT2D eigenvalue weighted by Crippen LogP contribution is 2.31. The molecule has 0 bridgehead atoms. The van der Waals surface area contributed by atoms with Crippen LogP contribution in [-0.2, 0) is 11.8 Å². The fraction of sp³-hybridized carbons (Fsp3) is 0.409. The zero-order valence-electron chi connectivity index (χ0n) is 16.7. The standard InChI is InChI=1S/C22H26N4O2/c1-15-8-10-26(11-9-15)21(27)14-28-20-7-5-4-6-17(20)19-12-16(2)18-13-25(3)24-22(18)23-19/h4-7,12-13,15H,8-11,14H2,1-3H3. The number of carbonyl (C=O) groups excluding carboxylic acids is 1. The molecule has 3 heterocycles. The van der Waals surface area contributed by atoms with Crippen molar-refractivity contribution < 1.29 is 9.53 Å². The number of aromatic nitrogens is 3. The number of likely N-dealkylation sites (tertiary alicyclic amines) is 1. The van der Waals surface area contributed by atoms with Gasteiger partial charge in [-0.2, -0.15) is 5.10 Å². The first-order valence-electron chi connectivity index (χ1n) is 9.82. The number of carbonyl (C=O) groups is 1. The van der Waals surface area contributed by atoms with Gasteiger partial charge in [0.05, 0.1) is 5.69 Å². The van der Waals surface area contributed by atoms with Crippen LogP contribution in [0.15, 0.2) is 36.5 Å². The van der Waals surface area contributed by atoms with Crippen molar-refractivity contribution in [3.8, 4) is 17.0 Å². The van der Waals surface area contributed by atoms with E-state index in [1.54, 1.807) is 4.68 Å². The van der Waals surface area contributed by atoms with Crippen molar-refractivity contribution in [3.63, 3.8) is 0 Å². The quantitative estimate of drug-likeness (QED) is 0.696. The molecule has 1 fully saturated rings. The van der Waals surface area contributed by atoms with Gasteiger partial charge in [-0.15, -0.1) is 0 Å². The molecule has 1 saturated heterocycles. The van der Waals surface area contributed by atoms with E-state index in [1.165, 1.54) is 0 Å². The average Bonchev–Trinajstić information content (AvgIpc) is 3.08. The molecule has 0 saturated carbocycles. The number of hydrogen-bond acceptors (Lipinski definition) is 4. The number of ether oxygens (including phenoxy) is 1. The van der Waals surface area contributed by atoms with Gasteiger partial charge in [0.15, 0.2) is 12.3 Å². The Hall–Kier alpha value is -2.89. The van der Waals surface area contributed by atoms with Gasteiger partial charge in [-0.1, -0.05) is 19.1 Å². The zero-order chi connectivity index (χ0) is 19.7. The van der Waals surface area contributed by atoms with Crippen molar-refractivity contribution in [1.29, 1.82) is 0 Å². The minimum Gasteiger partial charge on any atom is -0.483 e. The van der Waals surface area contributed by atoms with Crippen molar-refractivity contribution in [1.82, 2.24) is 19.7 Å². The molecule has 0 unspecified atom stereocenters. The van der Waals surface area contributed by atoms with Gasteiger partial charge in [0.1, 0.15) is 5.75 Å². The SMILES string of the molecule is Cc1cc(-c2ccccc2OCC(=O)N2CCC(C)CC2)nc2nn(C)cc12. The van der Waals surface area contributed by atoms with Gasteiger partial charge in [-0.05, 0) is 49.4 Å².